The molecule has 1 unspecified atom stereocenters. The Morgan fingerprint density at radius 2 is 1.84 bits per heavy atom. The van der Waals surface area contributed by atoms with E-state index in [1.54, 1.807) is 0 Å². The first-order valence-electron chi connectivity index (χ1n) is 7.93. The number of benzene rings is 1. The molecular weight excluding hydrogens is 232 g/mol. The fraction of sp³-hybridized carbons (Fsp3) is 0.647. The molecule has 3 N–H and O–H groups in total. The lowest BCUT2D eigenvalue weighted by Crippen LogP contribution is -2.28. The molecule has 0 bridgehead atoms. The maximum Gasteiger partial charge on any atom is 0.0326 e. The average Bonchev–Trinajstić information content (AvgIpc) is 3.29. The lowest BCUT2D eigenvalue weighted by atomic mass is 9.97. The predicted molar refractivity (Wildman–Crippen MR) is 78.9 cm³/mol. The number of anilines is 1. The first kappa shape index (κ1) is 11.8. The van der Waals surface area contributed by atoms with Crippen LogP contribution < -0.4 is 11.1 Å². The van der Waals surface area contributed by atoms with Crippen molar-refractivity contribution in [3.05, 3.63) is 29.3 Å². The van der Waals surface area contributed by atoms with Crippen molar-refractivity contribution in [2.75, 3.05) is 12.3 Å². The minimum Gasteiger partial charge on any atom is -0.399 e. The zero-order chi connectivity index (χ0) is 12.8. The number of nitrogens with one attached hydrogen (secondary N) is 1. The summed E-state index contributed by atoms with van der Waals surface area (Å²) >= 11 is 0. The van der Waals surface area contributed by atoms with E-state index >= 15 is 0 Å². The molecule has 2 saturated carbocycles. The van der Waals surface area contributed by atoms with Crippen LogP contribution in [0.3, 0.4) is 0 Å². The number of hydrogen-bond donors (Lipinski definition) is 2. The average molecular weight is 256 g/mol. The summed E-state index contributed by atoms with van der Waals surface area (Å²) in [6, 6.07) is 7.03. The first-order chi connectivity index (χ1) is 9.31. The molecule has 4 rings (SSSR count). The summed E-state index contributed by atoms with van der Waals surface area (Å²) in [6.07, 6.45) is 8.39. The van der Waals surface area contributed by atoms with Crippen molar-refractivity contribution in [1.82, 2.24) is 5.32 Å². The molecule has 0 spiro atoms. The number of aryl methyl sites for hydroxylation is 1. The number of nitrogen functional groups attached to an aromatic ring is 1. The Balaban J connectivity index is 1.41. The van der Waals surface area contributed by atoms with Crippen molar-refractivity contribution in [2.45, 2.75) is 44.6 Å². The van der Waals surface area contributed by atoms with Gasteiger partial charge in [0.2, 0.25) is 0 Å². The van der Waals surface area contributed by atoms with Crippen LogP contribution in [0.1, 0.15) is 49.3 Å². The second kappa shape index (κ2) is 4.52. The summed E-state index contributed by atoms with van der Waals surface area (Å²) in [7, 11) is 0. The molecule has 3 aliphatic carbocycles. The lowest BCUT2D eigenvalue weighted by molar-refractivity contribution is 0.355. The molecule has 0 heterocycles. The summed E-state index contributed by atoms with van der Waals surface area (Å²) < 4.78 is 0. The molecule has 0 aliphatic heterocycles. The van der Waals surface area contributed by atoms with Crippen LogP contribution in [0, 0.1) is 17.8 Å². The van der Waals surface area contributed by atoms with E-state index in [4.69, 9.17) is 5.73 Å². The van der Waals surface area contributed by atoms with Gasteiger partial charge >= 0.3 is 0 Å². The zero-order valence-corrected chi connectivity index (χ0v) is 11.6. The normalized spacial score (nSPS) is 25.8. The van der Waals surface area contributed by atoms with Gasteiger partial charge in [-0.3, -0.25) is 0 Å². The number of hydrogen-bond acceptors (Lipinski definition) is 2. The van der Waals surface area contributed by atoms with E-state index in [0.29, 0.717) is 6.04 Å². The second-order valence-corrected chi connectivity index (χ2v) is 6.80. The predicted octanol–water partition coefficient (Wildman–Crippen LogP) is 3.28. The molecule has 3 aliphatic rings. The van der Waals surface area contributed by atoms with Gasteiger partial charge in [-0.15, -0.1) is 0 Å². The molecule has 2 heteroatoms. The summed E-state index contributed by atoms with van der Waals surface area (Å²) in [5.74, 6) is 3.07. The molecule has 0 saturated heterocycles. The van der Waals surface area contributed by atoms with Gasteiger partial charge in [-0.25, -0.2) is 0 Å². The summed E-state index contributed by atoms with van der Waals surface area (Å²) in [4.78, 5) is 0. The Bertz CT molecular complexity index is 462. The minimum absolute atomic E-state index is 0.579. The van der Waals surface area contributed by atoms with E-state index in [1.165, 1.54) is 56.2 Å². The third-order valence-electron chi connectivity index (χ3n) is 5.30. The third kappa shape index (κ3) is 2.38. The zero-order valence-electron chi connectivity index (χ0n) is 11.6. The molecule has 2 nitrogen and oxygen atoms in total. The molecule has 102 valence electrons. The smallest absolute Gasteiger partial charge is 0.0326 e. The van der Waals surface area contributed by atoms with Gasteiger partial charge in [0.15, 0.2) is 0 Å². The van der Waals surface area contributed by atoms with Crippen molar-refractivity contribution >= 4 is 5.69 Å². The Morgan fingerprint density at radius 3 is 2.53 bits per heavy atom. The highest BCUT2D eigenvalue weighted by Gasteiger charge is 2.41. The van der Waals surface area contributed by atoms with Crippen LogP contribution in [0.5, 0.6) is 0 Å². The van der Waals surface area contributed by atoms with Gasteiger partial charge in [-0.1, -0.05) is 6.07 Å². The van der Waals surface area contributed by atoms with Crippen LogP contribution >= 0.6 is 0 Å². The molecule has 0 amide bonds. The van der Waals surface area contributed by atoms with E-state index in [2.05, 4.69) is 23.5 Å². The molecule has 0 radical (unpaired) electrons. The Labute approximate surface area is 115 Å². The lowest BCUT2D eigenvalue weighted by Gasteiger charge is -2.20. The molecule has 2 fully saturated rings. The number of rotatable bonds is 5. The largest absolute Gasteiger partial charge is 0.399 e. The van der Waals surface area contributed by atoms with Crippen LogP contribution in [-0.4, -0.2) is 6.54 Å². The van der Waals surface area contributed by atoms with E-state index in [-0.39, 0.29) is 0 Å². The quantitative estimate of drug-likeness (QED) is 0.793. The first-order valence-corrected chi connectivity index (χ1v) is 7.93. The molecule has 19 heavy (non-hydrogen) atoms. The van der Waals surface area contributed by atoms with Crippen LogP contribution in [-0.2, 0) is 6.42 Å². The Hall–Kier alpha value is -1.02. The summed E-state index contributed by atoms with van der Waals surface area (Å²) in [6.45, 7) is 1.24. The maximum absolute atomic E-state index is 5.87. The van der Waals surface area contributed by atoms with Gasteiger partial charge in [0.25, 0.3) is 0 Å². The van der Waals surface area contributed by atoms with Crippen LogP contribution in [0.2, 0.25) is 0 Å². The van der Waals surface area contributed by atoms with E-state index in [1.807, 2.05) is 0 Å². The SMILES string of the molecule is Nc1ccc2c(c1)CCC2NCC(C1CC1)C1CC1. The molecular formula is C17H24N2. The van der Waals surface area contributed by atoms with Gasteiger partial charge in [-0.05, 0) is 86.1 Å². The summed E-state index contributed by atoms with van der Waals surface area (Å²) in [5.41, 5.74) is 9.75. The maximum atomic E-state index is 5.87. The van der Waals surface area contributed by atoms with Gasteiger partial charge in [0.1, 0.15) is 0 Å². The molecule has 1 aromatic carbocycles. The Kier molecular flexibility index (Phi) is 2.80. The standard InChI is InChI=1S/C17H24N2/c18-14-6-7-15-13(9-14)5-8-17(15)19-10-16(11-1-2-11)12-3-4-12/h6-7,9,11-12,16-17,19H,1-5,8,10,18H2. The van der Waals surface area contributed by atoms with Gasteiger partial charge in [-0.2, -0.15) is 0 Å². The van der Waals surface area contributed by atoms with Crippen molar-refractivity contribution < 1.29 is 0 Å². The van der Waals surface area contributed by atoms with Crippen LogP contribution in [0.4, 0.5) is 5.69 Å². The summed E-state index contributed by atoms with van der Waals surface area (Å²) in [5, 5.41) is 3.86. The minimum atomic E-state index is 0.579. The van der Waals surface area contributed by atoms with E-state index in [0.717, 1.165) is 23.4 Å². The van der Waals surface area contributed by atoms with Crippen LogP contribution in [0.25, 0.3) is 0 Å². The van der Waals surface area contributed by atoms with Crippen molar-refractivity contribution in [3.63, 3.8) is 0 Å². The molecule has 1 atom stereocenters. The van der Waals surface area contributed by atoms with Crippen molar-refractivity contribution in [2.24, 2.45) is 17.8 Å². The van der Waals surface area contributed by atoms with Crippen molar-refractivity contribution in [1.29, 1.82) is 0 Å². The highest BCUT2D eigenvalue weighted by molar-refractivity contribution is 5.47. The highest BCUT2D eigenvalue weighted by Crippen LogP contribution is 2.49. The van der Waals surface area contributed by atoms with Crippen LogP contribution in [0.15, 0.2) is 18.2 Å². The number of nitrogens with two attached hydrogens (primary N) is 1. The van der Waals surface area contributed by atoms with E-state index < -0.39 is 0 Å². The number of fused-ring (bicyclic) bond motifs is 1. The topological polar surface area (TPSA) is 38.0 Å². The fourth-order valence-electron chi connectivity index (χ4n) is 3.89. The highest BCUT2D eigenvalue weighted by atomic mass is 14.9. The van der Waals surface area contributed by atoms with Crippen molar-refractivity contribution in [3.8, 4) is 0 Å². The fourth-order valence-corrected chi connectivity index (χ4v) is 3.89. The molecule has 1 aromatic rings. The molecule has 0 aromatic heterocycles. The second-order valence-electron chi connectivity index (χ2n) is 6.80. The van der Waals surface area contributed by atoms with Gasteiger partial charge in [0.05, 0.1) is 0 Å². The van der Waals surface area contributed by atoms with E-state index in [9.17, 15) is 0 Å². The monoisotopic (exact) mass is 256 g/mol. The van der Waals surface area contributed by atoms with Gasteiger partial charge < -0.3 is 11.1 Å². The van der Waals surface area contributed by atoms with Gasteiger partial charge in [0, 0.05) is 11.7 Å². The Morgan fingerprint density at radius 1 is 1.11 bits per heavy atom. The third-order valence-corrected chi connectivity index (χ3v) is 5.30.